The molecule has 3 aromatic carbocycles. The van der Waals surface area contributed by atoms with Gasteiger partial charge >= 0.3 is 0 Å². The molecular weight excluding hydrogens is 330 g/mol. The molecule has 3 aromatic rings. The molecule has 25 heavy (non-hydrogen) atoms. The standard InChI is InChI=1S/C21H23NO2S/c1-16(17-11-13-20(14-12-17)25(3,23)24)22(2)15-19-9-6-8-18-7-4-5-10-21(18)19/h4-14,16H,15H2,1-3H3. The highest BCUT2D eigenvalue weighted by molar-refractivity contribution is 7.90. The van der Waals surface area contributed by atoms with Crippen LogP contribution >= 0.6 is 0 Å². The van der Waals surface area contributed by atoms with Gasteiger partial charge in [-0.15, -0.1) is 0 Å². The molecule has 1 atom stereocenters. The van der Waals surface area contributed by atoms with Gasteiger partial charge in [0.1, 0.15) is 0 Å². The smallest absolute Gasteiger partial charge is 0.175 e. The average Bonchev–Trinajstić information content (AvgIpc) is 2.61. The molecule has 4 heteroatoms. The summed E-state index contributed by atoms with van der Waals surface area (Å²) in [5.41, 5.74) is 2.40. The molecule has 3 nitrogen and oxygen atoms in total. The summed E-state index contributed by atoms with van der Waals surface area (Å²) in [7, 11) is -1.06. The lowest BCUT2D eigenvalue weighted by Crippen LogP contribution is -2.22. The Morgan fingerprint density at radius 1 is 0.920 bits per heavy atom. The Balaban J connectivity index is 1.81. The van der Waals surface area contributed by atoms with Gasteiger partial charge < -0.3 is 0 Å². The summed E-state index contributed by atoms with van der Waals surface area (Å²) in [5.74, 6) is 0. The van der Waals surface area contributed by atoms with Crippen LogP contribution in [0.25, 0.3) is 10.8 Å². The molecule has 0 aliphatic heterocycles. The Kier molecular flexibility index (Phi) is 4.93. The molecule has 0 fully saturated rings. The molecule has 130 valence electrons. The van der Waals surface area contributed by atoms with E-state index in [4.69, 9.17) is 0 Å². The minimum Gasteiger partial charge on any atom is -0.295 e. The highest BCUT2D eigenvalue weighted by Crippen LogP contribution is 2.25. The van der Waals surface area contributed by atoms with Gasteiger partial charge in [0.2, 0.25) is 0 Å². The number of hydrogen-bond acceptors (Lipinski definition) is 3. The van der Waals surface area contributed by atoms with Gasteiger partial charge in [0.15, 0.2) is 9.84 Å². The Hall–Kier alpha value is -2.17. The van der Waals surface area contributed by atoms with Gasteiger partial charge in [0.05, 0.1) is 4.90 Å². The van der Waals surface area contributed by atoms with Crippen molar-refractivity contribution in [3.63, 3.8) is 0 Å². The van der Waals surface area contributed by atoms with Gasteiger partial charge in [-0.25, -0.2) is 8.42 Å². The van der Waals surface area contributed by atoms with Crippen molar-refractivity contribution in [3.05, 3.63) is 77.9 Å². The summed E-state index contributed by atoms with van der Waals surface area (Å²) >= 11 is 0. The first-order chi connectivity index (χ1) is 11.9. The summed E-state index contributed by atoms with van der Waals surface area (Å²) < 4.78 is 23.2. The van der Waals surface area contributed by atoms with E-state index >= 15 is 0 Å². The second-order valence-electron chi connectivity index (χ2n) is 6.57. The predicted octanol–water partition coefficient (Wildman–Crippen LogP) is 4.44. The molecule has 3 rings (SSSR count). The number of nitrogens with zero attached hydrogens (tertiary/aromatic N) is 1. The Morgan fingerprint density at radius 2 is 1.56 bits per heavy atom. The van der Waals surface area contributed by atoms with Crippen LogP contribution in [0.15, 0.2) is 71.6 Å². The first-order valence-electron chi connectivity index (χ1n) is 8.33. The van der Waals surface area contributed by atoms with Crippen molar-refractivity contribution in [2.45, 2.75) is 24.4 Å². The fraction of sp³-hybridized carbons (Fsp3) is 0.238. The van der Waals surface area contributed by atoms with Crippen LogP contribution in [0.4, 0.5) is 0 Å². The molecule has 0 aliphatic rings. The van der Waals surface area contributed by atoms with Gasteiger partial charge in [-0.05, 0) is 48.0 Å². The largest absolute Gasteiger partial charge is 0.295 e. The van der Waals surface area contributed by atoms with Gasteiger partial charge in [-0.2, -0.15) is 0 Å². The summed E-state index contributed by atoms with van der Waals surface area (Å²) in [6.45, 7) is 2.97. The zero-order valence-corrected chi connectivity index (χ0v) is 15.6. The van der Waals surface area contributed by atoms with Crippen molar-refractivity contribution in [3.8, 4) is 0 Å². The molecule has 0 radical (unpaired) electrons. The van der Waals surface area contributed by atoms with Crippen LogP contribution in [0.2, 0.25) is 0 Å². The van der Waals surface area contributed by atoms with Gasteiger partial charge in [0.25, 0.3) is 0 Å². The average molecular weight is 353 g/mol. The molecule has 0 aromatic heterocycles. The molecule has 0 bridgehead atoms. The van der Waals surface area contributed by atoms with Gasteiger partial charge in [-0.3, -0.25) is 4.90 Å². The third-order valence-electron chi connectivity index (χ3n) is 4.75. The topological polar surface area (TPSA) is 37.4 Å². The van der Waals surface area contributed by atoms with Crippen molar-refractivity contribution in [2.24, 2.45) is 0 Å². The molecule has 0 N–H and O–H groups in total. The lowest BCUT2D eigenvalue weighted by atomic mass is 10.0. The van der Waals surface area contributed by atoms with Gasteiger partial charge in [-0.1, -0.05) is 54.6 Å². The van der Waals surface area contributed by atoms with Crippen molar-refractivity contribution >= 4 is 20.6 Å². The highest BCUT2D eigenvalue weighted by atomic mass is 32.2. The number of rotatable bonds is 5. The summed E-state index contributed by atoms with van der Waals surface area (Å²) in [4.78, 5) is 2.64. The first kappa shape index (κ1) is 17.6. The molecular formula is C21H23NO2S. The summed E-state index contributed by atoms with van der Waals surface area (Å²) in [6, 6.07) is 22.2. The zero-order valence-electron chi connectivity index (χ0n) is 14.8. The van der Waals surface area contributed by atoms with E-state index in [-0.39, 0.29) is 6.04 Å². The molecule has 0 amide bonds. The Labute approximate surface area is 149 Å². The summed E-state index contributed by atoms with van der Waals surface area (Å²) in [6.07, 6.45) is 1.23. The molecule has 1 unspecified atom stereocenters. The van der Waals surface area contributed by atoms with Crippen molar-refractivity contribution in [2.75, 3.05) is 13.3 Å². The Bertz CT molecular complexity index is 973. The van der Waals surface area contributed by atoms with Crippen LogP contribution in [0.1, 0.15) is 24.1 Å². The maximum Gasteiger partial charge on any atom is 0.175 e. The quantitative estimate of drug-likeness (QED) is 0.681. The lowest BCUT2D eigenvalue weighted by molar-refractivity contribution is 0.254. The van der Waals surface area contributed by atoms with Crippen LogP contribution in [0.3, 0.4) is 0 Å². The number of hydrogen-bond donors (Lipinski definition) is 0. The zero-order chi connectivity index (χ0) is 18.0. The molecule has 0 saturated heterocycles. The molecule has 0 heterocycles. The van der Waals surface area contributed by atoms with E-state index in [1.807, 2.05) is 12.1 Å². The van der Waals surface area contributed by atoms with Crippen LogP contribution in [0, 0.1) is 0 Å². The third kappa shape index (κ3) is 3.91. The fourth-order valence-electron chi connectivity index (χ4n) is 3.08. The number of fused-ring (bicyclic) bond motifs is 1. The molecule has 0 saturated carbocycles. The van der Waals surface area contributed by atoms with E-state index in [2.05, 4.69) is 61.3 Å². The minimum absolute atomic E-state index is 0.188. The fourth-order valence-corrected chi connectivity index (χ4v) is 3.71. The van der Waals surface area contributed by atoms with Crippen molar-refractivity contribution < 1.29 is 8.42 Å². The van der Waals surface area contributed by atoms with Crippen LogP contribution < -0.4 is 0 Å². The highest BCUT2D eigenvalue weighted by Gasteiger charge is 2.14. The first-order valence-corrected chi connectivity index (χ1v) is 10.2. The van der Waals surface area contributed by atoms with Crippen LogP contribution in [0.5, 0.6) is 0 Å². The molecule has 0 aliphatic carbocycles. The number of benzene rings is 3. The monoisotopic (exact) mass is 353 g/mol. The van der Waals surface area contributed by atoms with Crippen LogP contribution in [-0.4, -0.2) is 26.6 Å². The van der Waals surface area contributed by atoms with E-state index < -0.39 is 9.84 Å². The predicted molar refractivity (Wildman–Crippen MR) is 103 cm³/mol. The lowest BCUT2D eigenvalue weighted by Gasteiger charge is -2.26. The van der Waals surface area contributed by atoms with Crippen molar-refractivity contribution in [1.82, 2.24) is 4.90 Å². The maximum atomic E-state index is 11.6. The van der Waals surface area contributed by atoms with E-state index in [0.717, 1.165) is 12.1 Å². The second kappa shape index (κ2) is 6.98. The Morgan fingerprint density at radius 3 is 2.24 bits per heavy atom. The minimum atomic E-state index is -3.15. The van der Waals surface area contributed by atoms with E-state index in [0.29, 0.717) is 4.90 Å². The molecule has 0 spiro atoms. The second-order valence-corrected chi connectivity index (χ2v) is 8.59. The van der Waals surface area contributed by atoms with E-state index in [9.17, 15) is 8.42 Å². The SMILES string of the molecule is CC(c1ccc(S(C)(=O)=O)cc1)N(C)Cc1cccc2ccccc12. The van der Waals surface area contributed by atoms with E-state index in [1.165, 1.54) is 22.6 Å². The third-order valence-corrected chi connectivity index (χ3v) is 5.88. The van der Waals surface area contributed by atoms with E-state index in [1.54, 1.807) is 12.1 Å². The normalized spacial score (nSPS) is 13.3. The number of sulfone groups is 1. The van der Waals surface area contributed by atoms with Gasteiger partial charge in [0, 0.05) is 18.8 Å². The maximum absolute atomic E-state index is 11.6. The van der Waals surface area contributed by atoms with Crippen molar-refractivity contribution in [1.29, 1.82) is 0 Å². The summed E-state index contributed by atoms with van der Waals surface area (Å²) in [5, 5.41) is 2.52. The van der Waals surface area contributed by atoms with Crippen LogP contribution in [-0.2, 0) is 16.4 Å².